The summed E-state index contributed by atoms with van der Waals surface area (Å²) >= 11 is 0. The van der Waals surface area contributed by atoms with E-state index < -0.39 is 9.84 Å². The van der Waals surface area contributed by atoms with Gasteiger partial charge in [-0.15, -0.1) is 24.0 Å². The molecule has 3 rings (SSSR count). The van der Waals surface area contributed by atoms with E-state index in [0.29, 0.717) is 19.0 Å². The van der Waals surface area contributed by atoms with Gasteiger partial charge in [0.2, 0.25) is 0 Å². The molecule has 0 atom stereocenters. The fraction of sp³-hybridized carbons (Fsp3) is 0.273. The van der Waals surface area contributed by atoms with Crippen LogP contribution >= 0.6 is 24.0 Å². The number of rotatable bonds is 8. The molecule has 0 bridgehead atoms. The molecule has 0 unspecified atom stereocenters. The van der Waals surface area contributed by atoms with Crippen molar-refractivity contribution in [2.75, 3.05) is 13.3 Å². The SMILES string of the molecule is CN=C(NCc1ccc(CS(C)(=O)=O)cc1)NCc1ccccc1Cn1cccn1.I. The molecular formula is C22H28IN5O2S. The first kappa shape index (κ1) is 24.9. The van der Waals surface area contributed by atoms with Gasteiger partial charge in [-0.1, -0.05) is 48.5 Å². The van der Waals surface area contributed by atoms with Crippen LogP contribution in [0, 0.1) is 0 Å². The number of guanidine groups is 1. The van der Waals surface area contributed by atoms with Crippen molar-refractivity contribution in [2.24, 2.45) is 4.99 Å². The first-order valence-corrected chi connectivity index (χ1v) is 11.7. The van der Waals surface area contributed by atoms with Crippen molar-refractivity contribution in [1.82, 2.24) is 20.4 Å². The van der Waals surface area contributed by atoms with E-state index in [1.54, 1.807) is 13.2 Å². The molecule has 0 saturated heterocycles. The Morgan fingerprint density at radius 3 is 2.23 bits per heavy atom. The summed E-state index contributed by atoms with van der Waals surface area (Å²) in [5.74, 6) is 0.756. The molecule has 0 amide bonds. The van der Waals surface area contributed by atoms with Crippen molar-refractivity contribution in [3.63, 3.8) is 0 Å². The average Bonchev–Trinajstić information content (AvgIpc) is 3.22. The predicted octanol–water partition coefficient (Wildman–Crippen LogP) is 2.96. The highest BCUT2D eigenvalue weighted by Gasteiger charge is 2.06. The largest absolute Gasteiger partial charge is 0.352 e. The summed E-state index contributed by atoms with van der Waals surface area (Å²) in [6.45, 7) is 1.95. The summed E-state index contributed by atoms with van der Waals surface area (Å²) in [4.78, 5) is 4.29. The van der Waals surface area contributed by atoms with Crippen molar-refractivity contribution in [3.05, 3.63) is 89.2 Å². The van der Waals surface area contributed by atoms with Gasteiger partial charge in [0.05, 0.1) is 12.3 Å². The Bertz CT molecular complexity index is 1080. The van der Waals surface area contributed by atoms with E-state index in [1.807, 2.05) is 53.3 Å². The summed E-state index contributed by atoms with van der Waals surface area (Å²) in [5, 5.41) is 10.9. The number of halogens is 1. The fourth-order valence-electron chi connectivity index (χ4n) is 3.09. The molecule has 166 valence electrons. The number of benzene rings is 2. The number of nitrogens with zero attached hydrogens (tertiary/aromatic N) is 3. The van der Waals surface area contributed by atoms with Crippen LogP contribution in [-0.2, 0) is 35.2 Å². The number of hydrogen-bond acceptors (Lipinski definition) is 4. The lowest BCUT2D eigenvalue weighted by molar-refractivity contribution is 0.601. The monoisotopic (exact) mass is 553 g/mol. The zero-order valence-electron chi connectivity index (χ0n) is 17.7. The first-order valence-electron chi connectivity index (χ1n) is 9.67. The van der Waals surface area contributed by atoms with Crippen molar-refractivity contribution in [2.45, 2.75) is 25.4 Å². The third-order valence-electron chi connectivity index (χ3n) is 4.59. The first-order chi connectivity index (χ1) is 14.4. The van der Waals surface area contributed by atoms with Gasteiger partial charge < -0.3 is 10.6 Å². The third kappa shape index (κ3) is 8.33. The third-order valence-corrected chi connectivity index (χ3v) is 5.45. The molecule has 0 spiro atoms. The molecule has 9 heteroatoms. The Balaban J connectivity index is 0.00000341. The van der Waals surface area contributed by atoms with Gasteiger partial charge in [0, 0.05) is 38.8 Å². The van der Waals surface area contributed by atoms with E-state index in [0.717, 1.165) is 17.7 Å². The van der Waals surface area contributed by atoms with Crippen LogP contribution in [0.2, 0.25) is 0 Å². The van der Waals surface area contributed by atoms with E-state index in [9.17, 15) is 8.42 Å². The maximum Gasteiger partial charge on any atom is 0.191 e. The molecule has 2 N–H and O–H groups in total. The maximum absolute atomic E-state index is 11.4. The number of hydrogen-bond donors (Lipinski definition) is 2. The summed E-state index contributed by atoms with van der Waals surface area (Å²) < 4.78 is 24.7. The second-order valence-electron chi connectivity index (χ2n) is 7.14. The van der Waals surface area contributed by atoms with E-state index in [4.69, 9.17) is 0 Å². The Labute approximate surface area is 200 Å². The number of nitrogens with one attached hydrogen (secondary N) is 2. The highest BCUT2D eigenvalue weighted by Crippen LogP contribution is 2.11. The molecule has 31 heavy (non-hydrogen) atoms. The van der Waals surface area contributed by atoms with Gasteiger partial charge in [-0.2, -0.15) is 5.10 Å². The minimum Gasteiger partial charge on any atom is -0.352 e. The van der Waals surface area contributed by atoms with E-state index in [2.05, 4.69) is 32.9 Å². The standard InChI is InChI=1S/C22H27N5O2S.HI/c1-23-22(24-14-18-8-10-19(11-9-18)17-30(2,28)29)25-15-20-6-3-4-7-21(20)16-27-13-5-12-26-27;/h3-13H,14-17H2,1-2H3,(H2,23,24,25);1H. The molecule has 0 radical (unpaired) electrons. The molecule has 3 aromatic rings. The topological polar surface area (TPSA) is 88.4 Å². The Kier molecular flexibility index (Phi) is 9.50. The van der Waals surface area contributed by atoms with Crippen molar-refractivity contribution >= 4 is 39.8 Å². The summed E-state index contributed by atoms with van der Waals surface area (Å²) in [6.07, 6.45) is 4.97. The molecule has 1 aromatic heterocycles. The van der Waals surface area contributed by atoms with Gasteiger partial charge >= 0.3 is 0 Å². The minimum absolute atomic E-state index is 0. The lowest BCUT2D eigenvalue weighted by atomic mass is 10.1. The second-order valence-corrected chi connectivity index (χ2v) is 9.28. The number of aromatic nitrogens is 2. The fourth-order valence-corrected chi connectivity index (χ4v) is 3.89. The molecule has 0 aliphatic rings. The molecule has 1 heterocycles. The average molecular weight is 553 g/mol. The van der Waals surface area contributed by atoms with Gasteiger partial charge in [-0.05, 0) is 28.3 Å². The van der Waals surface area contributed by atoms with Crippen LogP contribution in [0.25, 0.3) is 0 Å². The highest BCUT2D eigenvalue weighted by atomic mass is 127. The van der Waals surface area contributed by atoms with Gasteiger partial charge in [0.1, 0.15) is 0 Å². The lowest BCUT2D eigenvalue weighted by Gasteiger charge is -2.14. The van der Waals surface area contributed by atoms with Gasteiger partial charge in [-0.25, -0.2) is 8.42 Å². The van der Waals surface area contributed by atoms with Crippen LogP contribution in [0.5, 0.6) is 0 Å². The van der Waals surface area contributed by atoms with E-state index >= 15 is 0 Å². The Morgan fingerprint density at radius 1 is 0.968 bits per heavy atom. The zero-order valence-corrected chi connectivity index (χ0v) is 20.8. The minimum atomic E-state index is -3.02. The molecule has 7 nitrogen and oxygen atoms in total. The Hall–Kier alpha value is -2.40. The van der Waals surface area contributed by atoms with Gasteiger partial charge in [0.15, 0.2) is 15.8 Å². The predicted molar refractivity (Wildman–Crippen MR) is 135 cm³/mol. The highest BCUT2D eigenvalue weighted by molar-refractivity contribution is 14.0. The normalized spacial score (nSPS) is 11.6. The molecule has 0 aliphatic carbocycles. The van der Waals surface area contributed by atoms with Crippen LogP contribution in [0.1, 0.15) is 22.3 Å². The van der Waals surface area contributed by atoms with Crippen LogP contribution in [0.15, 0.2) is 72.0 Å². The molecular weight excluding hydrogens is 525 g/mol. The maximum atomic E-state index is 11.4. The quantitative estimate of drug-likeness (QED) is 0.255. The molecule has 0 saturated carbocycles. The van der Waals surface area contributed by atoms with Crippen LogP contribution in [0.4, 0.5) is 0 Å². The Morgan fingerprint density at radius 2 is 1.61 bits per heavy atom. The van der Waals surface area contributed by atoms with Crippen molar-refractivity contribution in [1.29, 1.82) is 0 Å². The summed E-state index contributed by atoms with van der Waals surface area (Å²) in [5.41, 5.74) is 4.22. The lowest BCUT2D eigenvalue weighted by Crippen LogP contribution is -2.36. The van der Waals surface area contributed by atoms with Gasteiger partial charge in [0.25, 0.3) is 0 Å². The van der Waals surface area contributed by atoms with Crippen LogP contribution < -0.4 is 10.6 Å². The smallest absolute Gasteiger partial charge is 0.191 e. The summed E-state index contributed by atoms with van der Waals surface area (Å²) in [7, 11) is -1.29. The number of sulfone groups is 1. The number of aliphatic imine (C=N–C) groups is 1. The summed E-state index contributed by atoms with van der Waals surface area (Å²) in [6, 6.07) is 17.7. The van der Waals surface area contributed by atoms with E-state index in [1.165, 1.54) is 17.4 Å². The zero-order chi connectivity index (χ0) is 21.4. The van der Waals surface area contributed by atoms with Crippen LogP contribution in [0.3, 0.4) is 0 Å². The van der Waals surface area contributed by atoms with Crippen molar-refractivity contribution < 1.29 is 8.42 Å². The molecule has 2 aromatic carbocycles. The van der Waals surface area contributed by atoms with Gasteiger partial charge in [-0.3, -0.25) is 9.67 Å². The van der Waals surface area contributed by atoms with Crippen LogP contribution in [-0.4, -0.2) is 37.5 Å². The molecule has 0 fully saturated rings. The second kappa shape index (κ2) is 11.8. The molecule has 0 aliphatic heterocycles. The van der Waals surface area contributed by atoms with Crippen molar-refractivity contribution in [3.8, 4) is 0 Å². The van der Waals surface area contributed by atoms with E-state index in [-0.39, 0.29) is 29.7 Å².